The Labute approximate surface area is 143 Å². The Hall–Kier alpha value is -1.20. The van der Waals surface area contributed by atoms with Gasteiger partial charge in [0.1, 0.15) is 5.75 Å². The van der Waals surface area contributed by atoms with E-state index in [0.29, 0.717) is 24.0 Å². The van der Waals surface area contributed by atoms with E-state index in [-0.39, 0.29) is 5.75 Å². The van der Waals surface area contributed by atoms with Crippen LogP contribution in [0, 0.1) is 5.92 Å². The number of nitrogens with zero attached hydrogens (tertiary/aromatic N) is 1. The van der Waals surface area contributed by atoms with Gasteiger partial charge in [-0.15, -0.1) is 0 Å². The minimum absolute atomic E-state index is 0.269. The maximum absolute atomic E-state index is 12.4. The highest BCUT2D eigenvalue weighted by atomic mass is 19.3. The molecule has 4 atom stereocenters. The van der Waals surface area contributed by atoms with E-state index in [4.69, 9.17) is 0 Å². The van der Waals surface area contributed by atoms with Gasteiger partial charge < -0.3 is 15.0 Å². The largest absolute Gasteiger partial charge is 0.435 e. The number of alkyl halides is 2. The number of nitrogens with one attached hydrogen (secondary N) is 1. The molecule has 0 amide bonds. The van der Waals surface area contributed by atoms with Crippen molar-refractivity contribution in [2.24, 2.45) is 5.92 Å². The van der Waals surface area contributed by atoms with Crippen molar-refractivity contribution in [2.45, 2.75) is 64.3 Å². The lowest BCUT2D eigenvalue weighted by Gasteiger charge is -2.42. The van der Waals surface area contributed by atoms with Gasteiger partial charge in [-0.2, -0.15) is 8.78 Å². The third-order valence-electron chi connectivity index (χ3n) is 5.68. The van der Waals surface area contributed by atoms with Crippen LogP contribution in [0.1, 0.15) is 50.3 Å². The van der Waals surface area contributed by atoms with Crippen LogP contribution in [0.5, 0.6) is 5.75 Å². The summed E-state index contributed by atoms with van der Waals surface area (Å²) in [7, 11) is 2.19. The highest BCUT2D eigenvalue weighted by molar-refractivity contribution is 5.39. The van der Waals surface area contributed by atoms with Gasteiger partial charge in [-0.05, 0) is 68.8 Å². The first-order valence-electron chi connectivity index (χ1n) is 8.98. The highest BCUT2D eigenvalue weighted by Crippen LogP contribution is 2.34. The van der Waals surface area contributed by atoms with E-state index in [1.807, 2.05) is 6.07 Å². The molecule has 1 heterocycles. The smallest absolute Gasteiger partial charge is 0.387 e. The van der Waals surface area contributed by atoms with Crippen LogP contribution in [0.4, 0.5) is 8.78 Å². The van der Waals surface area contributed by atoms with Gasteiger partial charge in [0.05, 0.1) is 0 Å². The summed E-state index contributed by atoms with van der Waals surface area (Å²) in [6, 6.07) is 6.83. The summed E-state index contributed by atoms with van der Waals surface area (Å²) in [5.74, 6) is 0.878. The summed E-state index contributed by atoms with van der Waals surface area (Å²) in [5, 5.41) is 3.86. The molecule has 24 heavy (non-hydrogen) atoms. The Morgan fingerprint density at radius 2 is 2.08 bits per heavy atom. The topological polar surface area (TPSA) is 24.5 Å². The predicted molar refractivity (Wildman–Crippen MR) is 91.5 cm³/mol. The molecular weight excluding hydrogens is 310 g/mol. The number of benzene rings is 1. The van der Waals surface area contributed by atoms with Crippen LogP contribution in [0.2, 0.25) is 0 Å². The molecule has 3 rings (SSSR count). The number of aryl methyl sites for hydroxylation is 1. The third-order valence-corrected chi connectivity index (χ3v) is 5.68. The van der Waals surface area contributed by atoms with Gasteiger partial charge in [-0.1, -0.05) is 13.0 Å². The van der Waals surface area contributed by atoms with Gasteiger partial charge in [0, 0.05) is 24.7 Å². The average molecular weight is 338 g/mol. The van der Waals surface area contributed by atoms with Crippen LogP contribution in [0.15, 0.2) is 18.2 Å². The molecule has 2 aliphatic rings. The first-order chi connectivity index (χ1) is 11.4. The molecule has 1 aromatic rings. The lowest BCUT2D eigenvalue weighted by Crippen LogP contribution is -2.51. The standard InChI is InChI=1S/C19H28F2N2O/c1-12-11-23(3)13(2)9-18(12)22-17-6-4-5-14-10-15(24-19(20)21)7-8-16(14)17/h7-8,10,12-13,17-19,22H,4-6,9,11H2,1-3H3/t12-,13-,17+,18-/m1/s1. The van der Waals surface area contributed by atoms with Gasteiger partial charge in [0.25, 0.3) is 0 Å². The molecule has 0 saturated carbocycles. The van der Waals surface area contributed by atoms with Crippen molar-refractivity contribution in [3.05, 3.63) is 29.3 Å². The van der Waals surface area contributed by atoms with Crippen molar-refractivity contribution in [2.75, 3.05) is 13.6 Å². The summed E-state index contributed by atoms with van der Waals surface area (Å²) in [6.45, 7) is 2.94. The van der Waals surface area contributed by atoms with E-state index in [1.165, 1.54) is 5.56 Å². The summed E-state index contributed by atoms with van der Waals surface area (Å²) in [6.07, 6.45) is 4.28. The fourth-order valence-electron chi connectivity index (χ4n) is 4.17. The maximum Gasteiger partial charge on any atom is 0.387 e. The van der Waals surface area contributed by atoms with E-state index < -0.39 is 6.61 Å². The molecule has 0 unspecified atom stereocenters. The molecule has 1 aromatic carbocycles. The van der Waals surface area contributed by atoms with Crippen LogP contribution in [0.3, 0.4) is 0 Å². The number of hydrogen-bond acceptors (Lipinski definition) is 3. The van der Waals surface area contributed by atoms with Crippen molar-refractivity contribution in [3.63, 3.8) is 0 Å². The van der Waals surface area contributed by atoms with Gasteiger partial charge in [0.15, 0.2) is 0 Å². The Kier molecular flexibility index (Phi) is 5.40. The molecule has 0 radical (unpaired) electrons. The van der Waals surface area contributed by atoms with Crippen LogP contribution in [0.25, 0.3) is 0 Å². The van der Waals surface area contributed by atoms with E-state index in [2.05, 4.69) is 35.8 Å². The summed E-state index contributed by atoms with van der Waals surface area (Å²) in [4.78, 5) is 2.42. The minimum Gasteiger partial charge on any atom is -0.435 e. The van der Waals surface area contributed by atoms with Crippen molar-refractivity contribution in [1.82, 2.24) is 10.2 Å². The zero-order chi connectivity index (χ0) is 17.3. The number of ether oxygens (including phenoxy) is 1. The fourth-order valence-corrected chi connectivity index (χ4v) is 4.17. The van der Waals surface area contributed by atoms with E-state index in [9.17, 15) is 8.78 Å². The van der Waals surface area contributed by atoms with Crippen molar-refractivity contribution < 1.29 is 13.5 Å². The van der Waals surface area contributed by atoms with Gasteiger partial charge in [-0.3, -0.25) is 0 Å². The maximum atomic E-state index is 12.4. The molecule has 1 aliphatic heterocycles. The second-order valence-corrected chi connectivity index (χ2v) is 7.46. The summed E-state index contributed by atoms with van der Waals surface area (Å²) in [5.41, 5.74) is 2.40. The lowest BCUT2D eigenvalue weighted by molar-refractivity contribution is -0.0499. The molecule has 5 heteroatoms. The minimum atomic E-state index is -2.76. The van der Waals surface area contributed by atoms with Gasteiger partial charge >= 0.3 is 6.61 Å². The molecule has 0 aromatic heterocycles. The van der Waals surface area contributed by atoms with E-state index in [0.717, 1.165) is 37.8 Å². The number of piperidine rings is 1. The number of hydrogen-bond donors (Lipinski definition) is 1. The first kappa shape index (κ1) is 17.6. The van der Waals surface area contributed by atoms with Crippen LogP contribution in [-0.2, 0) is 6.42 Å². The summed E-state index contributed by atoms with van der Waals surface area (Å²) < 4.78 is 29.4. The van der Waals surface area contributed by atoms with Crippen molar-refractivity contribution >= 4 is 0 Å². The highest BCUT2D eigenvalue weighted by Gasteiger charge is 2.31. The quantitative estimate of drug-likeness (QED) is 0.898. The number of likely N-dealkylation sites (tertiary alicyclic amines) is 1. The number of fused-ring (bicyclic) bond motifs is 1. The van der Waals surface area contributed by atoms with Gasteiger partial charge in [-0.25, -0.2) is 0 Å². The zero-order valence-electron chi connectivity index (χ0n) is 14.8. The molecule has 0 bridgehead atoms. The Morgan fingerprint density at radius 3 is 2.83 bits per heavy atom. The zero-order valence-corrected chi connectivity index (χ0v) is 14.8. The lowest BCUT2D eigenvalue weighted by atomic mass is 9.84. The summed E-state index contributed by atoms with van der Waals surface area (Å²) >= 11 is 0. The molecule has 1 fully saturated rings. The van der Waals surface area contributed by atoms with Crippen LogP contribution in [-0.4, -0.2) is 37.2 Å². The average Bonchev–Trinajstić information content (AvgIpc) is 2.52. The number of halogens is 2. The molecule has 0 spiro atoms. The van der Waals surface area contributed by atoms with E-state index >= 15 is 0 Å². The van der Waals surface area contributed by atoms with Crippen molar-refractivity contribution in [3.8, 4) is 5.75 Å². The second kappa shape index (κ2) is 7.36. The fraction of sp³-hybridized carbons (Fsp3) is 0.684. The number of rotatable bonds is 4. The van der Waals surface area contributed by atoms with Crippen molar-refractivity contribution in [1.29, 1.82) is 0 Å². The Balaban J connectivity index is 1.72. The molecule has 1 N–H and O–H groups in total. The molecule has 1 saturated heterocycles. The first-order valence-corrected chi connectivity index (χ1v) is 8.98. The Morgan fingerprint density at radius 1 is 1.29 bits per heavy atom. The van der Waals surface area contributed by atoms with Crippen LogP contribution < -0.4 is 10.1 Å². The monoisotopic (exact) mass is 338 g/mol. The molecular formula is C19H28F2N2O. The van der Waals surface area contributed by atoms with Gasteiger partial charge in [0.2, 0.25) is 0 Å². The second-order valence-electron chi connectivity index (χ2n) is 7.46. The third kappa shape index (κ3) is 3.89. The van der Waals surface area contributed by atoms with Crippen LogP contribution >= 0.6 is 0 Å². The molecule has 3 nitrogen and oxygen atoms in total. The Bertz CT molecular complexity index is 566. The predicted octanol–water partition coefficient (Wildman–Crippen LogP) is 3.98. The normalized spacial score (nSPS) is 31.1. The SMILES string of the molecule is C[C@@H]1CN(C)[C@H](C)C[C@H]1N[C@H]1CCCc2cc(OC(F)F)ccc21. The van der Waals surface area contributed by atoms with E-state index in [1.54, 1.807) is 12.1 Å². The molecule has 134 valence electrons. The molecule has 1 aliphatic carbocycles.